The highest BCUT2D eigenvalue weighted by molar-refractivity contribution is 9.10. The summed E-state index contributed by atoms with van der Waals surface area (Å²) in [6.07, 6.45) is 4.66. The molecule has 0 bridgehead atoms. The van der Waals surface area contributed by atoms with Crippen LogP contribution in [0, 0.1) is 0 Å². The van der Waals surface area contributed by atoms with Gasteiger partial charge in [0.05, 0.1) is 17.6 Å². The van der Waals surface area contributed by atoms with Crippen LogP contribution >= 0.6 is 15.9 Å². The van der Waals surface area contributed by atoms with Crippen molar-refractivity contribution in [2.75, 3.05) is 0 Å². The molecular weight excluding hydrogens is 310 g/mol. The zero-order chi connectivity index (χ0) is 13.6. The van der Waals surface area contributed by atoms with E-state index in [4.69, 9.17) is 0 Å². The normalized spacial score (nSPS) is 19.8. The van der Waals surface area contributed by atoms with Crippen molar-refractivity contribution >= 4 is 38.6 Å². The molecule has 0 spiro atoms. The van der Waals surface area contributed by atoms with Crippen molar-refractivity contribution in [3.8, 4) is 0 Å². The van der Waals surface area contributed by atoms with Gasteiger partial charge in [-0.25, -0.2) is 4.98 Å². The Balaban J connectivity index is 2.12. The number of carbonyl (C=O) groups is 2. The average Bonchev–Trinajstić information content (AvgIpc) is 2.66. The first-order chi connectivity index (χ1) is 9.06. The molecule has 1 unspecified atom stereocenters. The van der Waals surface area contributed by atoms with E-state index in [1.165, 1.54) is 0 Å². The van der Waals surface area contributed by atoms with Crippen LogP contribution in [0.25, 0.3) is 10.9 Å². The number of pyridine rings is 1. The van der Waals surface area contributed by atoms with Crippen molar-refractivity contribution in [2.24, 2.45) is 7.05 Å². The van der Waals surface area contributed by atoms with E-state index in [0.29, 0.717) is 12.8 Å². The van der Waals surface area contributed by atoms with Crippen molar-refractivity contribution in [1.82, 2.24) is 14.9 Å². The van der Waals surface area contributed by atoms with E-state index in [-0.39, 0.29) is 17.7 Å². The topological polar surface area (TPSA) is 64.0 Å². The molecule has 0 radical (unpaired) electrons. The van der Waals surface area contributed by atoms with Crippen LogP contribution in [0.2, 0.25) is 0 Å². The summed E-state index contributed by atoms with van der Waals surface area (Å²) in [6.45, 7) is 0. The van der Waals surface area contributed by atoms with Gasteiger partial charge in [0, 0.05) is 25.1 Å². The van der Waals surface area contributed by atoms with E-state index in [0.717, 1.165) is 21.1 Å². The number of nitrogens with zero attached hydrogens (tertiary/aromatic N) is 2. The molecule has 0 saturated carbocycles. The van der Waals surface area contributed by atoms with Gasteiger partial charge in [-0.15, -0.1) is 0 Å². The van der Waals surface area contributed by atoms with E-state index in [9.17, 15) is 9.59 Å². The van der Waals surface area contributed by atoms with Gasteiger partial charge in [0.15, 0.2) is 0 Å². The van der Waals surface area contributed by atoms with Crippen molar-refractivity contribution in [2.45, 2.75) is 18.8 Å². The Morgan fingerprint density at radius 1 is 1.47 bits per heavy atom. The lowest BCUT2D eigenvalue weighted by molar-refractivity contribution is -0.134. The first-order valence-corrected chi connectivity index (χ1v) is 6.79. The lowest BCUT2D eigenvalue weighted by Gasteiger charge is -2.20. The molecule has 1 atom stereocenters. The summed E-state index contributed by atoms with van der Waals surface area (Å²) in [7, 11) is 1.92. The van der Waals surface area contributed by atoms with Gasteiger partial charge in [0.1, 0.15) is 4.60 Å². The molecule has 1 N–H and O–H groups in total. The van der Waals surface area contributed by atoms with Gasteiger partial charge in [-0.2, -0.15) is 0 Å². The highest BCUT2D eigenvalue weighted by Crippen LogP contribution is 2.32. The van der Waals surface area contributed by atoms with E-state index < -0.39 is 0 Å². The zero-order valence-corrected chi connectivity index (χ0v) is 11.9. The minimum absolute atomic E-state index is 0.190. The number of hydrogen-bond acceptors (Lipinski definition) is 3. The number of imide groups is 1. The number of hydrogen-bond donors (Lipinski definition) is 1. The number of aryl methyl sites for hydroxylation is 1. The molecule has 1 aliphatic rings. The fourth-order valence-corrected chi connectivity index (χ4v) is 2.88. The Morgan fingerprint density at radius 3 is 3.00 bits per heavy atom. The van der Waals surface area contributed by atoms with Gasteiger partial charge in [-0.05, 0) is 34.0 Å². The second kappa shape index (κ2) is 4.45. The van der Waals surface area contributed by atoms with E-state index in [1.807, 2.05) is 23.9 Å². The summed E-state index contributed by atoms with van der Waals surface area (Å²) in [4.78, 5) is 27.4. The number of halogens is 1. The van der Waals surface area contributed by atoms with E-state index in [2.05, 4.69) is 26.2 Å². The second-order valence-corrected chi connectivity index (χ2v) is 5.54. The molecular formula is C13H12BrN3O2. The highest BCUT2D eigenvalue weighted by Gasteiger charge is 2.30. The molecule has 2 aromatic heterocycles. The van der Waals surface area contributed by atoms with Crippen LogP contribution in [0.5, 0.6) is 0 Å². The molecule has 1 fully saturated rings. The molecule has 19 heavy (non-hydrogen) atoms. The summed E-state index contributed by atoms with van der Waals surface area (Å²) in [6, 6.07) is 1.91. The number of rotatable bonds is 1. The summed E-state index contributed by atoms with van der Waals surface area (Å²) in [5.41, 5.74) is 1.92. The fraction of sp³-hybridized carbons (Fsp3) is 0.308. The van der Waals surface area contributed by atoms with Crippen molar-refractivity contribution in [1.29, 1.82) is 0 Å². The standard InChI is InChI=1S/C13H12BrN3O2/c1-17-6-9(7-2-3-12(18)16-13(7)19)8-4-11(14)15-5-10(8)17/h4-7H,2-3H2,1H3,(H,16,18,19). The molecule has 0 aliphatic carbocycles. The molecule has 3 rings (SSSR count). The first kappa shape index (κ1) is 12.3. The molecule has 1 saturated heterocycles. The molecule has 3 heterocycles. The number of aromatic nitrogens is 2. The highest BCUT2D eigenvalue weighted by atomic mass is 79.9. The second-order valence-electron chi connectivity index (χ2n) is 4.72. The maximum absolute atomic E-state index is 12.0. The van der Waals surface area contributed by atoms with Crippen LogP contribution in [-0.4, -0.2) is 21.4 Å². The quantitative estimate of drug-likeness (QED) is 0.644. The van der Waals surface area contributed by atoms with Gasteiger partial charge >= 0.3 is 0 Å². The van der Waals surface area contributed by atoms with Gasteiger partial charge in [0.2, 0.25) is 11.8 Å². The maximum atomic E-state index is 12.0. The summed E-state index contributed by atoms with van der Waals surface area (Å²) >= 11 is 3.35. The van der Waals surface area contributed by atoms with Crippen LogP contribution in [0.1, 0.15) is 24.3 Å². The van der Waals surface area contributed by atoms with Gasteiger partial charge in [0.25, 0.3) is 0 Å². The smallest absolute Gasteiger partial charge is 0.234 e. The minimum atomic E-state index is -0.268. The van der Waals surface area contributed by atoms with E-state index in [1.54, 1.807) is 6.20 Å². The molecule has 98 valence electrons. The number of carbonyl (C=O) groups excluding carboxylic acids is 2. The van der Waals surface area contributed by atoms with Crippen LogP contribution < -0.4 is 5.32 Å². The molecule has 2 amide bonds. The average molecular weight is 322 g/mol. The summed E-state index contributed by atoms with van der Waals surface area (Å²) in [5.74, 6) is -0.670. The number of piperidine rings is 1. The van der Waals surface area contributed by atoms with Crippen LogP contribution in [0.4, 0.5) is 0 Å². The molecule has 2 aromatic rings. The predicted molar refractivity (Wildman–Crippen MR) is 73.5 cm³/mol. The third kappa shape index (κ3) is 2.06. The molecule has 5 nitrogen and oxygen atoms in total. The lowest BCUT2D eigenvalue weighted by Crippen LogP contribution is -2.39. The van der Waals surface area contributed by atoms with Gasteiger partial charge in [-0.3, -0.25) is 14.9 Å². The molecule has 1 aliphatic heterocycles. The van der Waals surface area contributed by atoms with Crippen LogP contribution in [0.3, 0.4) is 0 Å². The SMILES string of the molecule is Cn1cc(C2CCC(=O)NC2=O)c2cc(Br)ncc21. The van der Waals surface area contributed by atoms with Crippen LogP contribution in [-0.2, 0) is 16.6 Å². The van der Waals surface area contributed by atoms with E-state index >= 15 is 0 Å². The maximum Gasteiger partial charge on any atom is 0.234 e. The minimum Gasteiger partial charge on any atom is -0.349 e. The van der Waals surface area contributed by atoms with Gasteiger partial charge in [-0.1, -0.05) is 0 Å². The Bertz CT molecular complexity index is 692. The Labute approximate surface area is 118 Å². The number of amides is 2. The lowest BCUT2D eigenvalue weighted by atomic mass is 9.90. The summed E-state index contributed by atoms with van der Waals surface area (Å²) in [5, 5.41) is 3.40. The van der Waals surface area contributed by atoms with Gasteiger partial charge < -0.3 is 4.57 Å². The Morgan fingerprint density at radius 2 is 2.26 bits per heavy atom. The summed E-state index contributed by atoms with van der Waals surface area (Å²) < 4.78 is 2.69. The van der Waals surface area contributed by atoms with Crippen molar-refractivity contribution in [3.63, 3.8) is 0 Å². The first-order valence-electron chi connectivity index (χ1n) is 6.00. The Kier molecular flexibility index (Phi) is 2.89. The molecule has 0 aromatic carbocycles. The number of fused-ring (bicyclic) bond motifs is 1. The molecule has 6 heteroatoms. The third-order valence-electron chi connectivity index (χ3n) is 3.49. The van der Waals surface area contributed by atoms with Crippen molar-refractivity contribution in [3.05, 3.63) is 28.6 Å². The largest absolute Gasteiger partial charge is 0.349 e. The monoisotopic (exact) mass is 321 g/mol. The predicted octanol–water partition coefficient (Wildman–Crippen LogP) is 1.86. The van der Waals surface area contributed by atoms with Crippen LogP contribution in [0.15, 0.2) is 23.1 Å². The number of nitrogens with one attached hydrogen (secondary N) is 1. The fourth-order valence-electron chi connectivity index (χ4n) is 2.55. The Hall–Kier alpha value is -1.69. The third-order valence-corrected chi connectivity index (χ3v) is 3.92. The zero-order valence-electron chi connectivity index (χ0n) is 10.3. The van der Waals surface area contributed by atoms with Crippen molar-refractivity contribution < 1.29 is 9.59 Å².